The van der Waals surface area contributed by atoms with Gasteiger partial charge < -0.3 is 14.2 Å². The predicted octanol–water partition coefficient (Wildman–Crippen LogP) is 2.77. The first-order valence-electron chi connectivity index (χ1n) is 5.50. The van der Waals surface area contributed by atoms with E-state index >= 15 is 0 Å². The Morgan fingerprint density at radius 1 is 1.32 bits per heavy atom. The zero-order valence-electron chi connectivity index (χ0n) is 10.9. The van der Waals surface area contributed by atoms with Crippen LogP contribution in [0, 0.1) is 11.3 Å². The van der Waals surface area contributed by atoms with Crippen molar-refractivity contribution in [3.05, 3.63) is 23.3 Å². The number of ether oxygens (including phenoxy) is 3. The maximum Gasteiger partial charge on any atom is 0.573 e. The Hall–Kier alpha value is -2.57. The fourth-order valence-electron chi connectivity index (χ4n) is 1.47. The van der Waals surface area contributed by atoms with Gasteiger partial charge in [0.15, 0.2) is 0 Å². The SMILES string of the molecule is COC(=O)Cc1cc(C#N)c(OC(F)F)cc1OC(F)(F)F. The molecule has 0 spiro atoms. The van der Waals surface area contributed by atoms with Crippen LogP contribution < -0.4 is 9.47 Å². The lowest BCUT2D eigenvalue weighted by Crippen LogP contribution is -2.19. The molecule has 0 fully saturated rings. The molecule has 0 aliphatic carbocycles. The molecule has 0 saturated heterocycles. The third kappa shape index (κ3) is 5.08. The van der Waals surface area contributed by atoms with Gasteiger partial charge in [0.2, 0.25) is 0 Å². The van der Waals surface area contributed by atoms with Gasteiger partial charge in [-0.1, -0.05) is 0 Å². The number of carbonyl (C=O) groups is 1. The van der Waals surface area contributed by atoms with Crippen LogP contribution in [-0.2, 0) is 16.0 Å². The van der Waals surface area contributed by atoms with E-state index in [1.165, 1.54) is 6.07 Å². The Morgan fingerprint density at radius 2 is 1.95 bits per heavy atom. The van der Waals surface area contributed by atoms with Crippen LogP contribution in [0.25, 0.3) is 0 Å². The molecule has 1 aromatic carbocycles. The van der Waals surface area contributed by atoms with Gasteiger partial charge in [-0.15, -0.1) is 13.2 Å². The molecule has 0 aromatic heterocycles. The van der Waals surface area contributed by atoms with Crippen molar-refractivity contribution >= 4 is 5.97 Å². The summed E-state index contributed by atoms with van der Waals surface area (Å²) in [7, 11) is 1.01. The number of nitriles is 1. The van der Waals surface area contributed by atoms with Gasteiger partial charge in [0, 0.05) is 11.6 Å². The molecule has 0 heterocycles. The number of methoxy groups -OCH3 is 1. The molecule has 1 rings (SSSR count). The second kappa shape index (κ2) is 6.93. The first-order chi connectivity index (χ1) is 10.2. The molecule has 0 bridgehead atoms. The summed E-state index contributed by atoms with van der Waals surface area (Å²) in [5, 5.41) is 8.82. The van der Waals surface area contributed by atoms with Gasteiger partial charge in [0.1, 0.15) is 17.6 Å². The Balaban J connectivity index is 3.33. The molecule has 0 N–H and O–H groups in total. The van der Waals surface area contributed by atoms with E-state index < -0.39 is 42.4 Å². The highest BCUT2D eigenvalue weighted by Gasteiger charge is 2.33. The van der Waals surface area contributed by atoms with Crippen LogP contribution in [0.2, 0.25) is 0 Å². The van der Waals surface area contributed by atoms with Crippen LogP contribution in [-0.4, -0.2) is 26.1 Å². The molecule has 0 amide bonds. The zero-order chi connectivity index (χ0) is 16.9. The fraction of sp³-hybridized carbons (Fsp3) is 0.333. The van der Waals surface area contributed by atoms with Crippen molar-refractivity contribution in [2.24, 2.45) is 0 Å². The minimum Gasteiger partial charge on any atom is -0.469 e. The molecule has 0 radical (unpaired) electrons. The molecular weight excluding hydrogens is 317 g/mol. The summed E-state index contributed by atoms with van der Waals surface area (Å²) in [5.41, 5.74) is -0.837. The molecule has 1 aromatic rings. The minimum atomic E-state index is -5.12. The topological polar surface area (TPSA) is 68.6 Å². The molecule has 5 nitrogen and oxygen atoms in total. The van der Waals surface area contributed by atoms with E-state index in [0.29, 0.717) is 6.07 Å². The number of carbonyl (C=O) groups excluding carboxylic acids is 1. The lowest BCUT2D eigenvalue weighted by atomic mass is 10.1. The van der Waals surface area contributed by atoms with Gasteiger partial charge in [0.05, 0.1) is 19.1 Å². The quantitative estimate of drug-likeness (QED) is 0.615. The Morgan fingerprint density at radius 3 is 2.41 bits per heavy atom. The molecule has 10 heteroatoms. The van der Waals surface area contributed by atoms with Crippen molar-refractivity contribution in [1.29, 1.82) is 5.26 Å². The molecule has 0 saturated carbocycles. The number of benzene rings is 1. The third-order valence-corrected chi connectivity index (χ3v) is 2.29. The lowest BCUT2D eigenvalue weighted by molar-refractivity contribution is -0.275. The molecular formula is C12H8F5NO4. The summed E-state index contributed by atoms with van der Waals surface area (Å²) in [5.74, 6) is -2.64. The number of esters is 1. The van der Waals surface area contributed by atoms with Gasteiger partial charge in [-0.3, -0.25) is 4.79 Å². The zero-order valence-corrected chi connectivity index (χ0v) is 10.9. The number of nitrogens with zero attached hydrogens (tertiary/aromatic N) is 1. The van der Waals surface area contributed by atoms with E-state index in [2.05, 4.69) is 14.2 Å². The van der Waals surface area contributed by atoms with Crippen LogP contribution in [0.3, 0.4) is 0 Å². The highest BCUT2D eigenvalue weighted by atomic mass is 19.4. The summed E-state index contributed by atoms with van der Waals surface area (Å²) < 4.78 is 73.3. The maximum atomic E-state index is 12.3. The van der Waals surface area contributed by atoms with Crippen molar-refractivity contribution in [3.8, 4) is 17.6 Å². The first-order valence-corrected chi connectivity index (χ1v) is 5.50. The highest BCUT2D eigenvalue weighted by Crippen LogP contribution is 2.34. The second-order valence-electron chi connectivity index (χ2n) is 3.75. The average molecular weight is 325 g/mol. The van der Waals surface area contributed by atoms with E-state index in [-0.39, 0.29) is 5.56 Å². The van der Waals surface area contributed by atoms with E-state index in [9.17, 15) is 26.7 Å². The van der Waals surface area contributed by atoms with Gasteiger partial charge in [-0.25, -0.2) is 0 Å². The van der Waals surface area contributed by atoms with Gasteiger partial charge in [0.25, 0.3) is 0 Å². The molecule has 0 aliphatic rings. The second-order valence-corrected chi connectivity index (χ2v) is 3.75. The fourth-order valence-corrected chi connectivity index (χ4v) is 1.47. The van der Waals surface area contributed by atoms with Crippen LogP contribution in [0.5, 0.6) is 11.5 Å². The highest BCUT2D eigenvalue weighted by molar-refractivity contribution is 5.74. The Kier molecular flexibility index (Phi) is 5.50. The van der Waals surface area contributed by atoms with E-state index in [0.717, 1.165) is 13.2 Å². The third-order valence-electron chi connectivity index (χ3n) is 2.29. The predicted molar refractivity (Wildman–Crippen MR) is 60.2 cm³/mol. The summed E-state index contributed by atoms with van der Waals surface area (Å²) in [4.78, 5) is 11.2. The van der Waals surface area contributed by atoms with Gasteiger partial charge in [-0.05, 0) is 6.07 Å². The van der Waals surface area contributed by atoms with Crippen molar-refractivity contribution < 1.29 is 41.0 Å². The standard InChI is InChI=1S/C12H8F5NO4/c1-20-10(19)3-6-2-7(5-18)8(21-11(13)14)4-9(6)22-12(15,16)17/h2,4,11H,3H2,1H3. The van der Waals surface area contributed by atoms with E-state index in [4.69, 9.17) is 5.26 Å². The largest absolute Gasteiger partial charge is 0.573 e. The van der Waals surface area contributed by atoms with Crippen molar-refractivity contribution in [1.82, 2.24) is 0 Å². The van der Waals surface area contributed by atoms with Gasteiger partial charge in [-0.2, -0.15) is 14.0 Å². The number of halogens is 5. The van der Waals surface area contributed by atoms with Crippen molar-refractivity contribution in [2.45, 2.75) is 19.4 Å². The lowest BCUT2D eigenvalue weighted by Gasteiger charge is -2.15. The van der Waals surface area contributed by atoms with Crippen molar-refractivity contribution in [2.75, 3.05) is 7.11 Å². The summed E-state index contributed by atoms with van der Waals surface area (Å²) in [6, 6.07) is 2.73. The monoisotopic (exact) mass is 325 g/mol. The Labute approximate surface area is 120 Å². The maximum absolute atomic E-state index is 12.3. The summed E-state index contributed by atoms with van der Waals surface area (Å²) in [6.45, 7) is -3.35. The normalized spacial score (nSPS) is 11.0. The molecule has 120 valence electrons. The number of rotatable bonds is 5. The van der Waals surface area contributed by atoms with E-state index in [1.807, 2.05) is 0 Å². The molecule has 22 heavy (non-hydrogen) atoms. The smallest absolute Gasteiger partial charge is 0.469 e. The molecule has 0 unspecified atom stereocenters. The summed E-state index contributed by atoms with van der Waals surface area (Å²) >= 11 is 0. The van der Waals surface area contributed by atoms with Crippen LogP contribution in [0.15, 0.2) is 12.1 Å². The van der Waals surface area contributed by atoms with Crippen LogP contribution in [0.1, 0.15) is 11.1 Å². The van der Waals surface area contributed by atoms with Crippen LogP contribution >= 0.6 is 0 Å². The summed E-state index contributed by atoms with van der Waals surface area (Å²) in [6.07, 6.45) is -5.77. The number of hydrogen-bond donors (Lipinski definition) is 0. The van der Waals surface area contributed by atoms with Crippen molar-refractivity contribution in [3.63, 3.8) is 0 Å². The Bertz CT molecular complexity index is 594. The molecule has 0 atom stereocenters. The average Bonchev–Trinajstić information content (AvgIpc) is 2.38. The number of hydrogen-bond acceptors (Lipinski definition) is 5. The van der Waals surface area contributed by atoms with Crippen LogP contribution in [0.4, 0.5) is 22.0 Å². The van der Waals surface area contributed by atoms with E-state index in [1.54, 1.807) is 0 Å². The first kappa shape index (κ1) is 17.5. The molecule has 0 aliphatic heterocycles. The minimum absolute atomic E-state index is 0.359. The van der Waals surface area contributed by atoms with Gasteiger partial charge >= 0.3 is 18.9 Å². The number of alkyl halides is 5.